The van der Waals surface area contributed by atoms with Crippen LogP contribution in [-0.2, 0) is 4.79 Å². The molecule has 1 heterocycles. The largest absolute Gasteiger partial charge is 0.374 e. The zero-order chi connectivity index (χ0) is 15.1. The molecular weight excluding hydrogens is 262 g/mol. The maximum atomic E-state index is 12.3. The third kappa shape index (κ3) is 3.94. The number of rotatable bonds is 7. The molecule has 0 aliphatic heterocycles. The van der Waals surface area contributed by atoms with Crippen molar-refractivity contribution in [2.24, 2.45) is 0 Å². The molecule has 0 saturated heterocycles. The predicted molar refractivity (Wildman–Crippen MR) is 87.4 cm³/mol. The van der Waals surface area contributed by atoms with E-state index in [1.54, 1.807) is 6.20 Å². The van der Waals surface area contributed by atoms with Gasteiger partial charge in [-0.1, -0.05) is 32.0 Å². The molecule has 0 aliphatic carbocycles. The lowest BCUT2D eigenvalue weighted by Gasteiger charge is -2.22. The normalized spacial score (nSPS) is 10.6. The number of anilines is 1. The van der Waals surface area contributed by atoms with Crippen molar-refractivity contribution in [2.45, 2.75) is 26.7 Å². The van der Waals surface area contributed by atoms with E-state index in [0.29, 0.717) is 6.54 Å². The molecular formula is C17H23N3O. The van der Waals surface area contributed by atoms with Crippen LogP contribution in [0.5, 0.6) is 0 Å². The highest BCUT2D eigenvalue weighted by Gasteiger charge is 2.11. The van der Waals surface area contributed by atoms with Gasteiger partial charge in [-0.15, -0.1) is 0 Å². The van der Waals surface area contributed by atoms with Crippen LogP contribution in [-0.4, -0.2) is 35.4 Å². The highest BCUT2D eigenvalue weighted by molar-refractivity contribution is 5.92. The highest BCUT2D eigenvalue weighted by Crippen LogP contribution is 2.20. The van der Waals surface area contributed by atoms with E-state index >= 15 is 0 Å². The van der Waals surface area contributed by atoms with Gasteiger partial charge in [-0.3, -0.25) is 9.78 Å². The number of carbonyl (C=O) groups is 1. The van der Waals surface area contributed by atoms with E-state index in [9.17, 15) is 4.79 Å². The van der Waals surface area contributed by atoms with Gasteiger partial charge in [0.25, 0.3) is 0 Å². The minimum absolute atomic E-state index is 0.145. The van der Waals surface area contributed by atoms with Gasteiger partial charge in [0.2, 0.25) is 5.91 Å². The Labute approximate surface area is 126 Å². The fourth-order valence-corrected chi connectivity index (χ4v) is 2.43. The number of nitrogens with zero attached hydrogens (tertiary/aromatic N) is 2. The van der Waals surface area contributed by atoms with Gasteiger partial charge >= 0.3 is 0 Å². The molecule has 21 heavy (non-hydrogen) atoms. The fourth-order valence-electron chi connectivity index (χ4n) is 2.43. The number of pyridine rings is 1. The summed E-state index contributed by atoms with van der Waals surface area (Å²) >= 11 is 0. The number of aromatic nitrogens is 1. The Morgan fingerprint density at radius 1 is 1.14 bits per heavy atom. The molecule has 0 radical (unpaired) electrons. The smallest absolute Gasteiger partial charge is 0.241 e. The third-order valence-corrected chi connectivity index (χ3v) is 3.40. The molecule has 0 spiro atoms. The third-order valence-electron chi connectivity index (χ3n) is 3.40. The quantitative estimate of drug-likeness (QED) is 0.849. The van der Waals surface area contributed by atoms with Crippen LogP contribution >= 0.6 is 0 Å². The first-order valence-electron chi connectivity index (χ1n) is 7.61. The number of fused-ring (bicyclic) bond motifs is 1. The first-order valence-corrected chi connectivity index (χ1v) is 7.61. The van der Waals surface area contributed by atoms with E-state index in [4.69, 9.17) is 0 Å². The summed E-state index contributed by atoms with van der Waals surface area (Å²) in [4.78, 5) is 18.6. The Kier molecular flexibility index (Phi) is 5.55. The lowest BCUT2D eigenvalue weighted by atomic mass is 10.2. The molecule has 0 atom stereocenters. The van der Waals surface area contributed by atoms with Crippen molar-refractivity contribution in [3.8, 4) is 0 Å². The van der Waals surface area contributed by atoms with Crippen molar-refractivity contribution < 1.29 is 4.79 Å². The SMILES string of the molecule is CCCN(CCC)C(=O)CNc1cccc2cccnc12. The van der Waals surface area contributed by atoms with Crippen LogP contribution < -0.4 is 5.32 Å². The first kappa shape index (κ1) is 15.3. The molecule has 1 amide bonds. The summed E-state index contributed by atoms with van der Waals surface area (Å²) in [6.07, 6.45) is 3.75. The molecule has 1 aromatic carbocycles. The van der Waals surface area contributed by atoms with Crippen LogP contribution in [0.4, 0.5) is 5.69 Å². The molecule has 2 rings (SSSR count). The zero-order valence-electron chi connectivity index (χ0n) is 12.8. The monoisotopic (exact) mass is 285 g/mol. The molecule has 112 valence electrons. The summed E-state index contributed by atoms with van der Waals surface area (Å²) < 4.78 is 0. The maximum Gasteiger partial charge on any atom is 0.241 e. The topological polar surface area (TPSA) is 45.2 Å². The van der Waals surface area contributed by atoms with Crippen molar-refractivity contribution in [3.63, 3.8) is 0 Å². The number of benzene rings is 1. The second kappa shape index (κ2) is 7.62. The Morgan fingerprint density at radius 3 is 2.57 bits per heavy atom. The number of carbonyl (C=O) groups excluding carboxylic acids is 1. The van der Waals surface area contributed by atoms with E-state index in [-0.39, 0.29) is 5.91 Å². The molecule has 0 unspecified atom stereocenters. The van der Waals surface area contributed by atoms with E-state index in [0.717, 1.165) is 42.5 Å². The highest BCUT2D eigenvalue weighted by atomic mass is 16.2. The molecule has 1 N–H and O–H groups in total. The number of hydrogen-bond acceptors (Lipinski definition) is 3. The van der Waals surface area contributed by atoms with Crippen molar-refractivity contribution in [3.05, 3.63) is 36.5 Å². The van der Waals surface area contributed by atoms with Crippen molar-refractivity contribution >= 4 is 22.5 Å². The summed E-state index contributed by atoms with van der Waals surface area (Å²) in [5.74, 6) is 0.145. The van der Waals surface area contributed by atoms with Crippen LogP contribution in [0, 0.1) is 0 Å². The van der Waals surface area contributed by atoms with Crippen LogP contribution in [0.3, 0.4) is 0 Å². The fraction of sp³-hybridized carbons (Fsp3) is 0.412. The maximum absolute atomic E-state index is 12.3. The average molecular weight is 285 g/mol. The van der Waals surface area contributed by atoms with Crippen molar-refractivity contribution in [1.29, 1.82) is 0 Å². The average Bonchev–Trinajstić information content (AvgIpc) is 2.52. The van der Waals surface area contributed by atoms with Crippen LogP contribution in [0.2, 0.25) is 0 Å². The number of amides is 1. The number of nitrogens with one attached hydrogen (secondary N) is 1. The summed E-state index contributed by atoms with van der Waals surface area (Å²) in [5.41, 5.74) is 1.82. The molecule has 4 nitrogen and oxygen atoms in total. The lowest BCUT2D eigenvalue weighted by Crippen LogP contribution is -2.36. The van der Waals surface area contributed by atoms with Crippen LogP contribution in [0.25, 0.3) is 10.9 Å². The van der Waals surface area contributed by atoms with E-state index < -0.39 is 0 Å². The second-order valence-corrected chi connectivity index (χ2v) is 5.12. The van der Waals surface area contributed by atoms with Gasteiger partial charge in [-0.25, -0.2) is 0 Å². The molecule has 4 heteroatoms. The second-order valence-electron chi connectivity index (χ2n) is 5.12. The van der Waals surface area contributed by atoms with Gasteiger partial charge in [-0.2, -0.15) is 0 Å². The molecule has 0 bridgehead atoms. The van der Waals surface area contributed by atoms with Crippen LogP contribution in [0.1, 0.15) is 26.7 Å². The van der Waals surface area contributed by atoms with Gasteiger partial charge in [-0.05, 0) is 25.0 Å². The Morgan fingerprint density at radius 2 is 1.86 bits per heavy atom. The summed E-state index contributed by atoms with van der Waals surface area (Å²) in [6, 6.07) is 9.91. The minimum Gasteiger partial charge on any atom is -0.374 e. The van der Waals surface area contributed by atoms with Crippen molar-refractivity contribution in [1.82, 2.24) is 9.88 Å². The number of hydrogen-bond donors (Lipinski definition) is 1. The van der Waals surface area contributed by atoms with E-state index in [2.05, 4.69) is 24.1 Å². The Hall–Kier alpha value is -2.10. The summed E-state index contributed by atoms with van der Waals surface area (Å²) in [7, 11) is 0. The Bertz CT molecular complexity index is 586. The van der Waals surface area contributed by atoms with Gasteiger partial charge in [0.05, 0.1) is 17.7 Å². The summed E-state index contributed by atoms with van der Waals surface area (Å²) in [6.45, 7) is 6.15. The molecule has 0 fully saturated rings. The van der Waals surface area contributed by atoms with E-state index in [1.165, 1.54) is 0 Å². The minimum atomic E-state index is 0.145. The molecule has 0 saturated carbocycles. The van der Waals surface area contributed by atoms with Gasteiger partial charge in [0.15, 0.2) is 0 Å². The zero-order valence-corrected chi connectivity index (χ0v) is 12.8. The first-order chi connectivity index (χ1) is 10.3. The molecule has 0 aliphatic rings. The number of para-hydroxylation sites is 1. The molecule has 1 aromatic heterocycles. The van der Waals surface area contributed by atoms with Crippen molar-refractivity contribution in [2.75, 3.05) is 25.0 Å². The van der Waals surface area contributed by atoms with Crippen LogP contribution in [0.15, 0.2) is 36.5 Å². The standard InChI is InChI=1S/C17H23N3O/c1-3-11-20(12-4-2)16(21)13-19-15-9-5-7-14-8-6-10-18-17(14)15/h5-10,19H,3-4,11-13H2,1-2H3. The Balaban J connectivity index is 2.05. The van der Waals surface area contributed by atoms with E-state index in [1.807, 2.05) is 35.2 Å². The van der Waals surface area contributed by atoms with Gasteiger partial charge in [0, 0.05) is 24.7 Å². The van der Waals surface area contributed by atoms with Gasteiger partial charge < -0.3 is 10.2 Å². The van der Waals surface area contributed by atoms with Gasteiger partial charge in [0.1, 0.15) is 0 Å². The summed E-state index contributed by atoms with van der Waals surface area (Å²) in [5, 5.41) is 4.31. The predicted octanol–water partition coefficient (Wildman–Crippen LogP) is 3.30. The lowest BCUT2D eigenvalue weighted by molar-refractivity contribution is -0.129. The molecule has 2 aromatic rings.